The lowest BCUT2D eigenvalue weighted by Gasteiger charge is -1.90. The predicted octanol–water partition coefficient (Wildman–Crippen LogP) is 1.74. The van der Waals surface area contributed by atoms with Crippen LogP contribution in [0.15, 0.2) is 11.5 Å². The van der Waals surface area contributed by atoms with Crippen molar-refractivity contribution in [3.8, 4) is 0 Å². The number of aliphatic carboxylic acids is 1. The summed E-state index contributed by atoms with van der Waals surface area (Å²) in [6.07, 6.45) is 1.82. The lowest BCUT2D eigenvalue weighted by molar-refractivity contribution is -0.136. The van der Waals surface area contributed by atoms with Crippen LogP contribution in [-0.2, 0) is 4.79 Å². The van der Waals surface area contributed by atoms with Crippen molar-refractivity contribution in [3.05, 3.63) is 11.5 Å². The molecule has 0 radical (unpaired) electrons. The second-order valence-corrected chi connectivity index (χ2v) is 4.85. The van der Waals surface area contributed by atoms with Crippen molar-refractivity contribution in [2.45, 2.75) is 26.4 Å². The minimum atomic E-state index is -0.745. The normalized spacial score (nSPS) is 14.4. The number of hydrogen-bond donors (Lipinski definition) is 3. The van der Waals surface area contributed by atoms with Crippen molar-refractivity contribution in [2.75, 3.05) is 12.4 Å². The molecule has 0 spiro atoms. The van der Waals surface area contributed by atoms with E-state index in [2.05, 4.69) is 11.5 Å². The maximum atomic E-state index is 9.37. The Morgan fingerprint density at radius 3 is 2.13 bits per heavy atom. The van der Waals surface area contributed by atoms with E-state index in [9.17, 15) is 4.79 Å². The Labute approximate surface area is 98.2 Å². The van der Waals surface area contributed by atoms with E-state index in [1.807, 2.05) is 21.6 Å². The third kappa shape index (κ3) is 24.8. The van der Waals surface area contributed by atoms with Crippen molar-refractivity contribution in [3.63, 3.8) is 0 Å². The average molecular weight is 254 g/mol. The molecule has 0 saturated heterocycles. The molecule has 1 unspecified atom stereocenters. The topological polar surface area (TPSA) is 77.8 Å². The average Bonchev–Trinajstić information content (AvgIpc) is 2.76. The van der Waals surface area contributed by atoms with Crippen LogP contribution in [0.5, 0.6) is 0 Å². The van der Waals surface area contributed by atoms with Crippen molar-refractivity contribution in [1.82, 2.24) is 0 Å². The van der Waals surface area contributed by atoms with E-state index in [1.165, 1.54) is 12.7 Å². The molecule has 1 atom stereocenters. The Morgan fingerprint density at radius 2 is 2.07 bits per heavy atom. The van der Waals surface area contributed by atoms with Crippen LogP contribution >= 0.6 is 21.6 Å². The summed E-state index contributed by atoms with van der Waals surface area (Å²) in [5.41, 5.74) is 0. The second-order valence-electron chi connectivity index (χ2n) is 2.53. The Bertz CT molecular complexity index is 165. The second kappa shape index (κ2) is 13.8. The van der Waals surface area contributed by atoms with Gasteiger partial charge in [-0.25, -0.2) is 0 Å². The van der Waals surface area contributed by atoms with Gasteiger partial charge in [0, 0.05) is 12.2 Å². The van der Waals surface area contributed by atoms with Crippen LogP contribution in [-0.4, -0.2) is 39.8 Å². The molecule has 1 rings (SSSR count). The highest BCUT2D eigenvalue weighted by atomic mass is 33.1. The minimum Gasteiger partial charge on any atom is -0.481 e. The zero-order valence-corrected chi connectivity index (χ0v) is 10.6. The van der Waals surface area contributed by atoms with Crippen LogP contribution in [0.3, 0.4) is 0 Å². The first kappa shape index (κ1) is 17.2. The maximum absolute atomic E-state index is 9.37. The van der Waals surface area contributed by atoms with Gasteiger partial charge in [-0.15, -0.1) is 0 Å². The van der Waals surface area contributed by atoms with Gasteiger partial charge in [-0.05, 0) is 12.3 Å². The fourth-order valence-corrected chi connectivity index (χ4v) is 1.77. The molecule has 15 heavy (non-hydrogen) atoms. The molecular formula is C9H18O4S2. The number of carbonyl (C=O) groups is 1. The molecular weight excluding hydrogens is 236 g/mol. The molecule has 1 aliphatic heterocycles. The number of rotatable bonds is 2. The van der Waals surface area contributed by atoms with Gasteiger partial charge >= 0.3 is 5.97 Å². The van der Waals surface area contributed by atoms with Gasteiger partial charge in [-0.1, -0.05) is 34.6 Å². The first-order valence-electron chi connectivity index (χ1n) is 4.48. The molecule has 0 aliphatic carbocycles. The lowest BCUT2D eigenvalue weighted by Crippen LogP contribution is -2.03. The van der Waals surface area contributed by atoms with Gasteiger partial charge in [0.1, 0.15) is 0 Å². The monoisotopic (exact) mass is 254 g/mol. The highest BCUT2D eigenvalue weighted by Gasteiger charge is 1.86. The van der Waals surface area contributed by atoms with E-state index in [1.54, 1.807) is 6.92 Å². The highest BCUT2D eigenvalue weighted by Crippen LogP contribution is 2.27. The largest absolute Gasteiger partial charge is 0.481 e. The SMILES string of the molecule is C1=CSSC1.CC(O)CO.CCC(=O)O. The third-order valence-corrected chi connectivity index (χ3v) is 2.87. The van der Waals surface area contributed by atoms with E-state index in [-0.39, 0.29) is 13.0 Å². The molecule has 1 heterocycles. The quantitative estimate of drug-likeness (QED) is 0.651. The first-order valence-corrected chi connectivity index (χ1v) is 6.86. The number of aliphatic hydroxyl groups excluding tert-OH is 2. The summed E-state index contributed by atoms with van der Waals surface area (Å²) in [7, 11) is 3.69. The third-order valence-electron chi connectivity index (χ3n) is 0.951. The molecule has 3 N–H and O–H groups in total. The van der Waals surface area contributed by atoms with Crippen LogP contribution in [0.1, 0.15) is 20.3 Å². The zero-order valence-electron chi connectivity index (χ0n) is 8.92. The molecule has 0 aromatic heterocycles. The van der Waals surface area contributed by atoms with Gasteiger partial charge in [0.25, 0.3) is 0 Å². The number of hydrogen-bond acceptors (Lipinski definition) is 5. The van der Waals surface area contributed by atoms with Crippen molar-refractivity contribution >= 4 is 27.6 Å². The van der Waals surface area contributed by atoms with Gasteiger partial charge < -0.3 is 15.3 Å². The van der Waals surface area contributed by atoms with Crippen molar-refractivity contribution in [1.29, 1.82) is 0 Å². The zero-order chi connectivity index (χ0) is 12.1. The molecule has 4 nitrogen and oxygen atoms in total. The standard InChI is InChI=1S/C3H8O2.C3H6O2.C3H4S2/c1-3(5)2-4;1-2-3(4)5;1-2-4-5-3-1/h3-5H,2H2,1H3;2H2,1H3,(H,4,5);1-2H,3H2. The molecule has 0 fully saturated rings. The van der Waals surface area contributed by atoms with Gasteiger partial charge in [-0.2, -0.15) is 0 Å². The fourth-order valence-electron chi connectivity index (χ4n) is 0.196. The van der Waals surface area contributed by atoms with Crippen molar-refractivity contribution in [2.24, 2.45) is 0 Å². The van der Waals surface area contributed by atoms with E-state index in [4.69, 9.17) is 15.3 Å². The Hall–Kier alpha value is -0.170. The summed E-state index contributed by atoms with van der Waals surface area (Å²) in [5.74, 6) is 0.454. The van der Waals surface area contributed by atoms with Crippen LogP contribution in [0, 0.1) is 0 Å². The Kier molecular flexibility index (Phi) is 15.9. The highest BCUT2D eigenvalue weighted by molar-refractivity contribution is 8.78. The molecule has 0 bridgehead atoms. The number of carboxylic acid groups (broad SMARTS) is 1. The van der Waals surface area contributed by atoms with Crippen LogP contribution < -0.4 is 0 Å². The first-order chi connectivity index (χ1) is 7.04. The number of aliphatic hydroxyl groups is 2. The molecule has 0 aromatic rings. The van der Waals surface area contributed by atoms with E-state index < -0.39 is 12.1 Å². The number of carboxylic acids is 1. The molecule has 0 saturated carbocycles. The van der Waals surface area contributed by atoms with E-state index in [0.29, 0.717) is 0 Å². The van der Waals surface area contributed by atoms with E-state index in [0.717, 1.165) is 0 Å². The molecule has 1 aliphatic rings. The molecule has 0 amide bonds. The van der Waals surface area contributed by atoms with E-state index >= 15 is 0 Å². The Balaban J connectivity index is 0. The summed E-state index contributed by atoms with van der Waals surface area (Å²) < 4.78 is 0. The molecule has 0 aromatic carbocycles. The van der Waals surface area contributed by atoms with Gasteiger partial charge in [-0.3, -0.25) is 4.79 Å². The lowest BCUT2D eigenvalue weighted by atomic mass is 10.5. The summed E-state index contributed by atoms with van der Waals surface area (Å²) in [5, 5.41) is 25.8. The predicted molar refractivity (Wildman–Crippen MR) is 65.9 cm³/mol. The fraction of sp³-hybridized carbons (Fsp3) is 0.667. The van der Waals surface area contributed by atoms with Gasteiger partial charge in [0.2, 0.25) is 0 Å². The maximum Gasteiger partial charge on any atom is 0.303 e. The van der Waals surface area contributed by atoms with Crippen LogP contribution in [0.2, 0.25) is 0 Å². The summed E-state index contributed by atoms with van der Waals surface area (Å²) in [6, 6.07) is 0. The summed E-state index contributed by atoms with van der Waals surface area (Å²) >= 11 is 0. The van der Waals surface area contributed by atoms with Gasteiger partial charge in [0.05, 0.1) is 12.7 Å². The van der Waals surface area contributed by atoms with Crippen LogP contribution in [0.25, 0.3) is 0 Å². The van der Waals surface area contributed by atoms with Crippen LogP contribution in [0.4, 0.5) is 0 Å². The molecule has 90 valence electrons. The smallest absolute Gasteiger partial charge is 0.303 e. The molecule has 6 heteroatoms. The van der Waals surface area contributed by atoms with Crippen molar-refractivity contribution < 1.29 is 20.1 Å². The summed E-state index contributed by atoms with van der Waals surface area (Å²) in [6.45, 7) is 2.99. The van der Waals surface area contributed by atoms with Gasteiger partial charge in [0.15, 0.2) is 0 Å². The minimum absolute atomic E-state index is 0.139. The summed E-state index contributed by atoms with van der Waals surface area (Å²) in [4.78, 5) is 9.37. The Morgan fingerprint density at radius 1 is 1.60 bits per heavy atom.